The molecule has 4 N–H and O–H groups in total. The number of hydrogen-bond acceptors (Lipinski definition) is 10. The van der Waals surface area contributed by atoms with Crippen LogP contribution in [0.15, 0.2) is 20.8 Å². The lowest BCUT2D eigenvalue weighted by molar-refractivity contribution is -0.145. The molecule has 2 heterocycles. The van der Waals surface area contributed by atoms with Gasteiger partial charge < -0.3 is 19.6 Å². The maximum Gasteiger partial charge on any atom is 0.323 e. The monoisotopic (exact) mass is 574 g/mol. The summed E-state index contributed by atoms with van der Waals surface area (Å²) in [7, 11) is -3.83. The third kappa shape index (κ3) is 9.44. The van der Waals surface area contributed by atoms with Gasteiger partial charge in [-0.05, 0) is 51.0 Å². The number of thiazole rings is 1. The molecule has 0 aliphatic heterocycles. The van der Waals surface area contributed by atoms with Crippen molar-refractivity contribution in [1.82, 2.24) is 15.2 Å². The summed E-state index contributed by atoms with van der Waals surface area (Å²) < 4.78 is 31.7. The summed E-state index contributed by atoms with van der Waals surface area (Å²) in [6.45, 7) is 9.71. The van der Waals surface area contributed by atoms with Crippen molar-refractivity contribution in [2.45, 2.75) is 83.0 Å². The molecule has 13 heteroatoms. The van der Waals surface area contributed by atoms with Crippen molar-refractivity contribution in [2.75, 3.05) is 24.7 Å². The molecule has 0 aromatic carbocycles. The quantitative estimate of drug-likeness (QED) is 0.102. The zero-order chi connectivity index (χ0) is 27.4. The van der Waals surface area contributed by atoms with Crippen molar-refractivity contribution in [2.24, 2.45) is 0 Å². The first kappa shape index (κ1) is 31.4. The van der Waals surface area contributed by atoms with Gasteiger partial charge in [0, 0.05) is 0 Å². The Bertz CT molecular complexity index is 1030. The third-order valence-corrected chi connectivity index (χ3v) is 9.84. The number of unbranched alkanes of at least 4 members (excludes halogenated alkanes) is 2. The second-order valence-electron chi connectivity index (χ2n) is 8.53. The first-order valence-electron chi connectivity index (χ1n) is 12.6. The lowest BCUT2D eigenvalue weighted by Crippen LogP contribution is -2.44. The van der Waals surface area contributed by atoms with Gasteiger partial charge in [-0.15, -0.1) is 11.8 Å². The number of rotatable bonds is 17. The van der Waals surface area contributed by atoms with Crippen molar-refractivity contribution in [3.8, 4) is 11.5 Å². The molecule has 0 bridgehead atoms. The summed E-state index contributed by atoms with van der Waals surface area (Å²) in [5.74, 6) is 0.178. The summed E-state index contributed by atoms with van der Waals surface area (Å²) in [5.41, 5.74) is 6.56. The van der Waals surface area contributed by atoms with E-state index in [0.29, 0.717) is 16.6 Å². The predicted octanol–water partition coefficient (Wildman–Crippen LogP) is 4.95. The number of anilines is 1. The van der Waals surface area contributed by atoms with Crippen LogP contribution in [0.3, 0.4) is 0 Å². The van der Waals surface area contributed by atoms with Crippen molar-refractivity contribution in [3.63, 3.8) is 0 Å². The number of esters is 2. The van der Waals surface area contributed by atoms with E-state index in [1.807, 2.05) is 13.8 Å². The summed E-state index contributed by atoms with van der Waals surface area (Å²) in [6, 6.07) is 1.34. The number of ether oxygens (including phenoxy) is 2. The SMILES string of the molecule is CCCCOC(=O)[C@H](C)NP(=O)(N[C@@H](C)C(=O)OCCCC)c1ccc(-c2nc(N)sc2SCCC)o1. The fraction of sp³-hybridized carbons (Fsp3) is 0.625. The number of hydrogen-bond donors (Lipinski definition) is 3. The van der Waals surface area contributed by atoms with E-state index in [4.69, 9.17) is 19.6 Å². The normalized spacial score (nSPS) is 13.3. The van der Waals surface area contributed by atoms with Gasteiger partial charge in [0.15, 0.2) is 16.4 Å². The molecule has 0 aliphatic carbocycles. The van der Waals surface area contributed by atoms with Gasteiger partial charge in [-0.3, -0.25) is 14.2 Å². The van der Waals surface area contributed by atoms with E-state index in [0.717, 1.165) is 42.1 Å². The molecular weight excluding hydrogens is 535 g/mol. The van der Waals surface area contributed by atoms with Crippen molar-refractivity contribution in [3.05, 3.63) is 12.1 Å². The smallest absolute Gasteiger partial charge is 0.323 e. The summed E-state index contributed by atoms with van der Waals surface area (Å²) >= 11 is 2.98. The zero-order valence-electron chi connectivity index (χ0n) is 22.2. The summed E-state index contributed by atoms with van der Waals surface area (Å²) in [6.07, 6.45) is 4.19. The number of nitrogens with one attached hydrogen (secondary N) is 2. The zero-order valence-corrected chi connectivity index (χ0v) is 24.7. The average Bonchev–Trinajstić information content (AvgIpc) is 3.49. The van der Waals surface area contributed by atoms with Gasteiger partial charge >= 0.3 is 11.9 Å². The highest BCUT2D eigenvalue weighted by atomic mass is 32.2. The number of nitrogens with two attached hydrogens (primary N) is 1. The van der Waals surface area contributed by atoms with E-state index in [-0.39, 0.29) is 18.7 Å². The Morgan fingerprint density at radius 2 is 1.62 bits per heavy atom. The van der Waals surface area contributed by atoms with E-state index in [1.165, 1.54) is 11.3 Å². The molecule has 10 nitrogen and oxygen atoms in total. The van der Waals surface area contributed by atoms with E-state index in [9.17, 15) is 14.2 Å². The maximum atomic E-state index is 14.2. The molecule has 2 aromatic heterocycles. The molecule has 208 valence electrons. The van der Waals surface area contributed by atoms with Crippen LogP contribution < -0.4 is 21.4 Å². The van der Waals surface area contributed by atoms with Gasteiger partial charge in [-0.2, -0.15) is 0 Å². The lowest BCUT2D eigenvalue weighted by atomic mass is 10.3. The summed E-state index contributed by atoms with van der Waals surface area (Å²) in [5, 5.41) is 6.06. The maximum absolute atomic E-state index is 14.2. The van der Waals surface area contributed by atoms with Gasteiger partial charge in [-0.25, -0.2) is 15.2 Å². The Morgan fingerprint density at radius 1 is 1.05 bits per heavy atom. The standard InChI is InChI=1S/C24H39N4O6PS2/c1-6-9-13-32-21(29)16(4)27-35(31,28-17(5)22(30)33-14-10-7-2)19-12-11-18(34-19)20-23(36-15-8-3)37-24(25)26-20/h11-12,16-17H,6-10,13-15H2,1-5H3,(H2,25,26)(H2,27,28,31)/t16-,17-/m0/s1. The topological polar surface area (TPSA) is 146 Å². The molecule has 0 saturated carbocycles. The van der Waals surface area contributed by atoms with Crippen LogP contribution in [0.5, 0.6) is 0 Å². The average molecular weight is 575 g/mol. The second kappa shape index (κ2) is 15.5. The van der Waals surface area contributed by atoms with Crippen molar-refractivity contribution >= 4 is 53.1 Å². The molecule has 0 fully saturated rings. The minimum absolute atomic E-state index is 0.0435. The molecule has 2 atom stereocenters. The highest BCUT2D eigenvalue weighted by Crippen LogP contribution is 2.42. The largest absolute Gasteiger partial charge is 0.465 e. The fourth-order valence-electron chi connectivity index (χ4n) is 3.09. The van der Waals surface area contributed by atoms with Crippen molar-refractivity contribution < 1.29 is 28.0 Å². The molecule has 0 saturated heterocycles. The fourth-order valence-corrected chi connectivity index (χ4v) is 7.22. The number of carbonyl (C=O) groups is 2. The van der Waals surface area contributed by atoms with Crippen LogP contribution in [-0.2, 0) is 23.6 Å². The van der Waals surface area contributed by atoms with Gasteiger partial charge in [0.05, 0.1) is 17.4 Å². The minimum atomic E-state index is -3.83. The van der Waals surface area contributed by atoms with Crippen LogP contribution >= 0.6 is 30.5 Å². The van der Waals surface area contributed by atoms with Crippen molar-refractivity contribution in [1.29, 1.82) is 0 Å². The third-order valence-electron chi connectivity index (χ3n) is 5.13. The molecule has 0 unspecified atom stereocenters. The van der Waals surface area contributed by atoms with Crippen LogP contribution in [0, 0.1) is 0 Å². The van der Waals surface area contributed by atoms with Crippen LogP contribution in [0.25, 0.3) is 11.5 Å². The minimum Gasteiger partial charge on any atom is -0.465 e. The summed E-state index contributed by atoms with van der Waals surface area (Å²) in [4.78, 5) is 29.4. The number of nitrogens with zero attached hydrogens (tertiary/aromatic N) is 1. The first-order valence-corrected chi connectivity index (χ1v) is 16.1. The van der Waals surface area contributed by atoms with E-state index < -0.39 is 31.5 Å². The van der Waals surface area contributed by atoms with Gasteiger partial charge in [0.25, 0.3) is 7.44 Å². The lowest BCUT2D eigenvalue weighted by Gasteiger charge is -2.25. The van der Waals surface area contributed by atoms with Crippen LogP contribution in [0.2, 0.25) is 0 Å². The van der Waals surface area contributed by atoms with Crippen LogP contribution in [0.4, 0.5) is 5.13 Å². The Labute approximate surface area is 227 Å². The first-order chi connectivity index (χ1) is 17.6. The Morgan fingerprint density at radius 3 is 2.14 bits per heavy atom. The number of thioether (sulfide) groups is 1. The Hall–Kier alpha value is -1.85. The van der Waals surface area contributed by atoms with Gasteiger partial charge in [-0.1, -0.05) is 44.9 Å². The van der Waals surface area contributed by atoms with Crippen LogP contribution in [-0.4, -0.2) is 48.0 Å². The molecule has 0 radical (unpaired) electrons. The molecule has 2 aromatic rings. The highest BCUT2D eigenvalue weighted by molar-refractivity contribution is 8.01. The van der Waals surface area contributed by atoms with Gasteiger partial charge in [0.2, 0.25) is 0 Å². The van der Waals surface area contributed by atoms with E-state index in [1.54, 1.807) is 37.7 Å². The Kier molecular flexibility index (Phi) is 13.2. The van der Waals surface area contributed by atoms with E-state index in [2.05, 4.69) is 22.1 Å². The molecule has 2 rings (SSSR count). The number of carbonyl (C=O) groups excluding carboxylic acids is 2. The number of nitrogen functional groups attached to an aromatic ring is 1. The second-order valence-corrected chi connectivity index (χ2v) is 13.1. The molecular formula is C24H39N4O6PS2. The van der Waals surface area contributed by atoms with Gasteiger partial charge in [0.1, 0.15) is 17.8 Å². The molecule has 0 spiro atoms. The van der Waals surface area contributed by atoms with E-state index >= 15 is 0 Å². The number of aromatic nitrogens is 1. The highest BCUT2D eigenvalue weighted by Gasteiger charge is 2.36. The Balaban J connectivity index is 2.32. The predicted molar refractivity (Wildman–Crippen MR) is 149 cm³/mol. The molecule has 0 amide bonds. The molecule has 37 heavy (non-hydrogen) atoms. The van der Waals surface area contributed by atoms with Crippen LogP contribution in [0.1, 0.15) is 66.7 Å². The molecule has 0 aliphatic rings. The number of furan rings is 1.